The molecule has 0 saturated heterocycles. The molecule has 1 atom stereocenters. The van der Waals surface area contributed by atoms with Crippen molar-refractivity contribution < 1.29 is 9.90 Å². The number of hydrogen-bond acceptors (Lipinski definition) is 3. The average molecular weight is 369 g/mol. The molecule has 2 N–H and O–H groups in total. The molecular weight excluding hydrogens is 346 g/mol. The molecule has 3 heteroatoms. The van der Waals surface area contributed by atoms with Gasteiger partial charge in [0.1, 0.15) is 5.75 Å². The number of aromatic hydroxyl groups is 1. The lowest BCUT2D eigenvalue weighted by Gasteiger charge is -2.40. The van der Waals surface area contributed by atoms with Crippen molar-refractivity contribution in [1.82, 2.24) is 0 Å². The fraction of sp³-hybridized carbons (Fsp3) is 0.240. The van der Waals surface area contributed by atoms with Crippen LogP contribution in [-0.4, -0.2) is 10.9 Å². The molecule has 0 aromatic heterocycles. The molecule has 1 aliphatic carbocycles. The molecule has 0 amide bonds. The predicted molar refractivity (Wildman–Crippen MR) is 113 cm³/mol. The van der Waals surface area contributed by atoms with Crippen LogP contribution in [0.4, 0.5) is 5.69 Å². The second-order valence-corrected chi connectivity index (χ2v) is 8.73. The Morgan fingerprint density at radius 2 is 1.71 bits per heavy atom. The van der Waals surface area contributed by atoms with Crippen molar-refractivity contribution >= 4 is 22.2 Å². The highest BCUT2D eigenvalue weighted by Crippen LogP contribution is 2.50. The predicted octanol–water partition coefficient (Wildman–Crippen LogP) is 5.75. The van der Waals surface area contributed by atoms with Gasteiger partial charge in [0.2, 0.25) is 0 Å². The first kappa shape index (κ1) is 17.1. The van der Waals surface area contributed by atoms with Gasteiger partial charge >= 0.3 is 0 Å². The minimum atomic E-state index is -0.111. The van der Waals surface area contributed by atoms with Crippen molar-refractivity contribution in [3.8, 4) is 5.75 Å². The van der Waals surface area contributed by atoms with E-state index in [1.165, 1.54) is 10.8 Å². The van der Waals surface area contributed by atoms with Crippen molar-refractivity contribution in [2.45, 2.75) is 32.6 Å². The van der Waals surface area contributed by atoms with E-state index in [2.05, 4.69) is 49.5 Å². The molecule has 1 heterocycles. The summed E-state index contributed by atoms with van der Waals surface area (Å²) < 4.78 is 0. The molecule has 0 unspecified atom stereocenters. The van der Waals surface area contributed by atoms with Crippen LogP contribution in [0, 0.1) is 5.41 Å². The zero-order valence-corrected chi connectivity index (χ0v) is 16.1. The van der Waals surface area contributed by atoms with Gasteiger partial charge in [-0.3, -0.25) is 4.79 Å². The summed E-state index contributed by atoms with van der Waals surface area (Å²) in [5.41, 5.74) is 5.13. The quantitative estimate of drug-likeness (QED) is 0.574. The van der Waals surface area contributed by atoms with Crippen LogP contribution >= 0.6 is 0 Å². The number of benzene rings is 3. The molecular formula is C25H23NO2. The third-order valence-electron chi connectivity index (χ3n) is 5.98. The number of carbonyl (C=O) groups is 1. The third kappa shape index (κ3) is 2.62. The number of nitrogens with one attached hydrogen (secondary N) is 1. The summed E-state index contributed by atoms with van der Waals surface area (Å²) in [6.45, 7) is 4.31. The lowest BCUT2D eigenvalue weighted by molar-refractivity contribution is -0.118. The first-order chi connectivity index (χ1) is 13.4. The van der Waals surface area contributed by atoms with E-state index in [9.17, 15) is 9.90 Å². The van der Waals surface area contributed by atoms with Crippen molar-refractivity contribution in [2.24, 2.45) is 5.41 Å². The number of allylic oxidation sites excluding steroid dienone is 2. The van der Waals surface area contributed by atoms with Crippen LogP contribution in [0.15, 0.2) is 71.9 Å². The summed E-state index contributed by atoms with van der Waals surface area (Å²) in [7, 11) is 0. The monoisotopic (exact) mass is 369 g/mol. The Hall–Kier alpha value is -3.07. The van der Waals surface area contributed by atoms with E-state index >= 15 is 0 Å². The number of phenols is 1. The van der Waals surface area contributed by atoms with Crippen LogP contribution in [0.25, 0.3) is 10.8 Å². The highest BCUT2D eigenvalue weighted by molar-refractivity contribution is 6.05. The van der Waals surface area contributed by atoms with Crippen molar-refractivity contribution in [3.05, 3.63) is 83.1 Å². The molecule has 3 nitrogen and oxygen atoms in total. The summed E-state index contributed by atoms with van der Waals surface area (Å²) in [4.78, 5) is 13.2. The van der Waals surface area contributed by atoms with E-state index in [1.807, 2.05) is 18.2 Å². The van der Waals surface area contributed by atoms with Gasteiger partial charge in [0.05, 0.1) is 5.69 Å². The minimum absolute atomic E-state index is 0.0511. The summed E-state index contributed by atoms with van der Waals surface area (Å²) in [5, 5.41) is 15.8. The molecule has 0 bridgehead atoms. The summed E-state index contributed by atoms with van der Waals surface area (Å²) in [5.74, 6) is 0.345. The van der Waals surface area contributed by atoms with Crippen LogP contribution in [0.3, 0.4) is 0 Å². The number of phenolic OH excluding ortho intramolecular Hbond substituents is 1. The third-order valence-corrected chi connectivity index (χ3v) is 5.98. The molecule has 0 fully saturated rings. The van der Waals surface area contributed by atoms with Gasteiger partial charge in [-0.05, 0) is 40.5 Å². The minimum Gasteiger partial charge on any atom is -0.508 e. The average Bonchev–Trinajstić information content (AvgIpc) is 2.66. The van der Waals surface area contributed by atoms with Crippen LogP contribution < -0.4 is 5.32 Å². The van der Waals surface area contributed by atoms with Crippen LogP contribution in [0.2, 0.25) is 0 Å². The molecule has 3 aromatic carbocycles. The van der Waals surface area contributed by atoms with Gasteiger partial charge in [0, 0.05) is 29.0 Å². The zero-order chi connectivity index (χ0) is 19.5. The highest BCUT2D eigenvalue weighted by Gasteiger charge is 2.40. The van der Waals surface area contributed by atoms with Gasteiger partial charge in [-0.25, -0.2) is 0 Å². The molecule has 0 radical (unpaired) electrons. The molecule has 5 rings (SSSR count). The van der Waals surface area contributed by atoms with Crippen LogP contribution in [0.1, 0.15) is 43.7 Å². The second-order valence-electron chi connectivity index (χ2n) is 8.73. The number of Topliss-reactive ketones (excluding diaryl/α,β-unsaturated/α-hetero) is 1. The molecule has 140 valence electrons. The number of ketones is 1. The fourth-order valence-electron chi connectivity index (χ4n) is 4.77. The van der Waals surface area contributed by atoms with E-state index in [0.717, 1.165) is 34.5 Å². The topological polar surface area (TPSA) is 49.3 Å². The van der Waals surface area contributed by atoms with Gasteiger partial charge in [-0.1, -0.05) is 62.4 Å². The van der Waals surface area contributed by atoms with Gasteiger partial charge in [0.25, 0.3) is 0 Å². The lowest BCUT2D eigenvalue weighted by atomic mass is 9.68. The Labute approximate surface area is 164 Å². The van der Waals surface area contributed by atoms with Crippen molar-refractivity contribution in [2.75, 3.05) is 5.32 Å². The van der Waals surface area contributed by atoms with Crippen LogP contribution in [0.5, 0.6) is 5.75 Å². The maximum atomic E-state index is 13.2. The van der Waals surface area contributed by atoms with Crippen molar-refractivity contribution in [3.63, 3.8) is 0 Å². The molecule has 0 saturated carbocycles. The first-order valence-corrected chi connectivity index (χ1v) is 9.77. The second kappa shape index (κ2) is 5.96. The molecule has 2 aliphatic rings. The Morgan fingerprint density at radius 3 is 2.50 bits per heavy atom. The highest BCUT2D eigenvalue weighted by atomic mass is 16.3. The normalized spacial score (nSPS) is 20.5. The van der Waals surface area contributed by atoms with E-state index in [-0.39, 0.29) is 22.9 Å². The fourth-order valence-corrected chi connectivity index (χ4v) is 4.77. The first-order valence-electron chi connectivity index (χ1n) is 9.77. The van der Waals surface area contributed by atoms with E-state index in [1.54, 1.807) is 12.1 Å². The van der Waals surface area contributed by atoms with E-state index < -0.39 is 0 Å². The number of hydrogen-bond donors (Lipinski definition) is 2. The van der Waals surface area contributed by atoms with Gasteiger partial charge in [-0.15, -0.1) is 0 Å². The smallest absolute Gasteiger partial charge is 0.162 e. The molecule has 1 aliphatic heterocycles. The van der Waals surface area contributed by atoms with Gasteiger partial charge < -0.3 is 10.4 Å². The molecule has 28 heavy (non-hydrogen) atoms. The number of anilines is 1. The maximum Gasteiger partial charge on any atom is 0.162 e. The Kier molecular flexibility index (Phi) is 3.63. The van der Waals surface area contributed by atoms with Crippen LogP contribution in [-0.2, 0) is 4.79 Å². The summed E-state index contributed by atoms with van der Waals surface area (Å²) in [6, 6.07) is 19.9. The largest absolute Gasteiger partial charge is 0.508 e. The maximum absolute atomic E-state index is 13.2. The number of carbonyl (C=O) groups excluding carboxylic acids is 1. The SMILES string of the molecule is CC1(C)CC(=O)C2=C(C1)Nc1c(ccc3ccccc13)[C@@H]2c1ccc(O)cc1. The Balaban J connectivity index is 1.79. The number of fused-ring (bicyclic) bond motifs is 3. The van der Waals surface area contributed by atoms with Gasteiger partial charge in [-0.2, -0.15) is 0 Å². The van der Waals surface area contributed by atoms with E-state index in [0.29, 0.717) is 6.42 Å². The molecule has 0 spiro atoms. The molecule has 3 aromatic rings. The Bertz CT molecular complexity index is 1140. The summed E-state index contributed by atoms with van der Waals surface area (Å²) >= 11 is 0. The lowest BCUT2D eigenvalue weighted by Crippen LogP contribution is -2.33. The zero-order valence-electron chi connectivity index (χ0n) is 16.1. The van der Waals surface area contributed by atoms with Gasteiger partial charge in [0.15, 0.2) is 5.78 Å². The standard InChI is InChI=1S/C25H23NO2/c1-25(2)13-20-23(21(28)14-25)22(16-7-10-17(27)11-8-16)19-12-9-15-5-3-4-6-18(15)24(19)26-20/h3-12,22,26-27H,13-14H2,1-2H3/t22-/m0/s1. The van der Waals surface area contributed by atoms with Crippen molar-refractivity contribution in [1.29, 1.82) is 0 Å². The summed E-state index contributed by atoms with van der Waals surface area (Å²) in [6.07, 6.45) is 1.41. The van der Waals surface area contributed by atoms with E-state index in [4.69, 9.17) is 0 Å². The Morgan fingerprint density at radius 1 is 0.964 bits per heavy atom. The number of rotatable bonds is 1.